The molecule has 2 aromatic carbocycles. The summed E-state index contributed by atoms with van der Waals surface area (Å²) >= 11 is 0. The molecule has 1 atom stereocenters. The number of aliphatic hydroxyl groups is 1. The summed E-state index contributed by atoms with van der Waals surface area (Å²) in [7, 11) is 4.47. The van der Waals surface area contributed by atoms with Crippen LogP contribution < -0.4 is 14.2 Å². The maximum Gasteiger partial charge on any atom is 0.296 e. The number of rotatable bonds is 7. The van der Waals surface area contributed by atoms with Gasteiger partial charge in [-0.2, -0.15) is 0 Å². The topological polar surface area (TPSA) is 98.2 Å². The molecule has 1 N–H and O–H groups in total. The zero-order valence-corrected chi connectivity index (χ0v) is 19.0. The first-order valence-corrected chi connectivity index (χ1v) is 10.5. The van der Waals surface area contributed by atoms with E-state index in [4.69, 9.17) is 14.2 Å². The second kappa shape index (κ2) is 9.66. The van der Waals surface area contributed by atoms with Gasteiger partial charge in [-0.15, -0.1) is 0 Å². The fourth-order valence-electron chi connectivity index (χ4n) is 4.04. The number of ketones is 1. The van der Waals surface area contributed by atoms with Crippen LogP contribution in [0.3, 0.4) is 0 Å². The minimum Gasteiger partial charge on any atom is -0.506 e. The van der Waals surface area contributed by atoms with Crippen LogP contribution in [0.2, 0.25) is 0 Å². The van der Waals surface area contributed by atoms with Gasteiger partial charge in [0.05, 0.1) is 32.6 Å². The highest BCUT2D eigenvalue weighted by molar-refractivity contribution is 6.46. The Hall–Kier alpha value is -4.33. The lowest BCUT2D eigenvalue weighted by Crippen LogP contribution is -2.29. The number of hydrogen-bond acceptors (Lipinski definition) is 7. The van der Waals surface area contributed by atoms with Crippen LogP contribution in [-0.4, -0.2) is 48.0 Å². The summed E-state index contributed by atoms with van der Waals surface area (Å²) in [4.78, 5) is 32.2. The van der Waals surface area contributed by atoms with E-state index in [1.165, 1.54) is 19.1 Å². The van der Waals surface area contributed by atoms with Crippen molar-refractivity contribution in [2.45, 2.75) is 12.6 Å². The van der Waals surface area contributed by atoms with Crippen LogP contribution >= 0.6 is 0 Å². The predicted molar refractivity (Wildman–Crippen MR) is 125 cm³/mol. The number of ether oxygens (including phenoxy) is 3. The summed E-state index contributed by atoms with van der Waals surface area (Å²) in [5, 5.41) is 11.4. The van der Waals surface area contributed by atoms with Crippen LogP contribution in [0.15, 0.2) is 72.4 Å². The summed E-state index contributed by atoms with van der Waals surface area (Å²) in [5.74, 6) is -0.650. The molecule has 0 spiro atoms. The minimum absolute atomic E-state index is 0.0833. The first-order chi connectivity index (χ1) is 16.5. The Kier molecular flexibility index (Phi) is 6.49. The highest BCUT2D eigenvalue weighted by Crippen LogP contribution is 2.43. The Bertz CT molecular complexity index is 1220. The molecule has 0 aliphatic carbocycles. The molecule has 1 unspecified atom stereocenters. The molecular weight excluding hydrogens is 436 g/mol. The van der Waals surface area contributed by atoms with Crippen molar-refractivity contribution in [2.75, 3.05) is 21.3 Å². The van der Waals surface area contributed by atoms with Gasteiger partial charge in [0.2, 0.25) is 0 Å². The number of pyridine rings is 1. The fraction of sp³-hybridized carbons (Fsp3) is 0.192. The Morgan fingerprint density at radius 1 is 0.912 bits per heavy atom. The van der Waals surface area contributed by atoms with Gasteiger partial charge in [0, 0.05) is 12.7 Å². The van der Waals surface area contributed by atoms with Crippen molar-refractivity contribution < 1.29 is 28.9 Å². The third-order valence-electron chi connectivity index (χ3n) is 5.68. The Morgan fingerprint density at radius 3 is 2.15 bits per heavy atom. The predicted octanol–water partition coefficient (Wildman–Crippen LogP) is 3.73. The molecule has 8 heteroatoms. The van der Waals surface area contributed by atoms with Gasteiger partial charge in [-0.05, 0) is 42.0 Å². The molecule has 2 heterocycles. The third kappa shape index (κ3) is 4.05. The lowest BCUT2D eigenvalue weighted by molar-refractivity contribution is -0.140. The molecule has 3 aromatic rings. The van der Waals surface area contributed by atoms with E-state index in [0.29, 0.717) is 22.9 Å². The zero-order chi connectivity index (χ0) is 24.2. The highest BCUT2D eigenvalue weighted by atomic mass is 16.5. The molecule has 1 amide bonds. The van der Waals surface area contributed by atoms with Gasteiger partial charge < -0.3 is 24.2 Å². The molecule has 8 nitrogen and oxygen atoms in total. The van der Waals surface area contributed by atoms with E-state index < -0.39 is 17.7 Å². The first-order valence-electron chi connectivity index (χ1n) is 10.5. The van der Waals surface area contributed by atoms with Gasteiger partial charge in [0.15, 0.2) is 0 Å². The van der Waals surface area contributed by atoms with Gasteiger partial charge in [-0.25, -0.2) is 0 Å². The smallest absolute Gasteiger partial charge is 0.296 e. The second-order valence-electron chi connectivity index (χ2n) is 7.57. The molecule has 174 valence electrons. The second-order valence-corrected chi connectivity index (χ2v) is 7.57. The van der Waals surface area contributed by atoms with Crippen molar-refractivity contribution in [1.82, 2.24) is 9.88 Å². The highest BCUT2D eigenvalue weighted by Gasteiger charge is 2.47. The Morgan fingerprint density at radius 2 is 1.59 bits per heavy atom. The molecular formula is C26H24N2O6. The molecule has 34 heavy (non-hydrogen) atoms. The monoisotopic (exact) mass is 460 g/mol. The molecule has 0 saturated carbocycles. The van der Waals surface area contributed by atoms with Crippen molar-refractivity contribution in [3.05, 3.63) is 89.3 Å². The summed E-state index contributed by atoms with van der Waals surface area (Å²) in [6, 6.07) is 16.5. The first kappa shape index (κ1) is 22.8. The van der Waals surface area contributed by atoms with E-state index in [9.17, 15) is 14.7 Å². The lowest BCUT2D eigenvalue weighted by Gasteiger charge is -2.25. The van der Waals surface area contributed by atoms with Gasteiger partial charge in [-0.3, -0.25) is 14.6 Å². The number of likely N-dealkylation sites (tertiary alicyclic amines) is 1. The van der Waals surface area contributed by atoms with Crippen molar-refractivity contribution in [2.24, 2.45) is 0 Å². The zero-order valence-electron chi connectivity index (χ0n) is 19.0. The van der Waals surface area contributed by atoms with E-state index in [2.05, 4.69) is 4.98 Å². The Balaban J connectivity index is 1.88. The van der Waals surface area contributed by atoms with Crippen LogP contribution in [0.4, 0.5) is 0 Å². The number of carbonyl (C=O) groups excluding carboxylic acids is 2. The number of aliphatic hydroxyl groups excluding tert-OH is 1. The number of hydrogen-bond donors (Lipinski definition) is 1. The summed E-state index contributed by atoms with van der Waals surface area (Å²) in [6.07, 6.45) is 1.58. The van der Waals surface area contributed by atoms with Crippen LogP contribution in [-0.2, 0) is 16.1 Å². The fourth-order valence-corrected chi connectivity index (χ4v) is 4.04. The van der Waals surface area contributed by atoms with Gasteiger partial charge in [0.25, 0.3) is 11.7 Å². The maximum atomic E-state index is 13.3. The average molecular weight is 460 g/mol. The van der Waals surface area contributed by atoms with Crippen LogP contribution in [0, 0.1) is 0 Å². The number of Topliss-reactive ketones (excluding diaryl/α,β-unsaturated/α-hetero) is 1. The minimum atomic E-state index is -0.905. The molecule has 1 fully saturated rings. The molecule has 1 aromatic heterocycles. The average Bonchev–Trinajstić information content (AvgIpc) is 3.13. The van der Waals surface area contributed by atoms with E-state index >= 15 is 0 Å². The van der Waals surface area contributed by atoms with E-state index in [1.54, 1.807) is 61.8 Å². The van der Waals surface area contributed by atoms with Crippen molar-refractivity contribution in [3.8, 4) is 17.2 Å². The molecule has 1 aliphatic rings. The van der Waals surface area contributed by atoms with Gasteiger partial charge in [-0.1, -0.05) is 24.3 Å². The SMILES string of the molecule is COc1ccc(CN2C(=O)C(=O)/C(=C(/O)c3c(OC)cccc3OC)C2c2ccccn2)cc1. The molecule has 1 saturated heterocycles. The largest absolute Gasteiger partial charge is 0.506 e. The van der Waals surface area contributed by atoms with Crippen LogP contribution in [0.5, 0.6) is 17.2 Å². The summed E-state index contributed by atoms with van der Waals surface area (Å²) in [6.45, 7) is 0.135. The Labute approximate surface area is 197 Å². The molecule has 0 radical (unpaired) electrons. The van der Waals surface area contributed by atoms with Crippen molar-refractivity contribution in [3.63, 3.8) is 0 Å². The van der Waals surface area contributed by atoms with Crippen molar-refractivity contribution in [1.29, 1.82) is 0 Å². The standard InChI is InChI=1S/C26H24N2O6/c1-32-17-12-10-16(11-13-17)15-28-23(18-7-4-5-14-27-18)22(25(30)26(28)31)24(29)21-19(33-2)8-6-9-20(21)34-3/h4-14,23,29H,15H2,1-3H3/b24-22+. The number of aromatic nitrogens is 1. The van der Waals surface area contributed by atoms with E-state index in [1.807, 2.05) is 12.1 Å². The number of amides is 1. The van der Waals surface area contributed by atoms with Crippen LogP contribution in [0.25, 0.3) is 5.76 Å². The normalized spacial score (nSPS) is 17.0. The number of methoxy groups -OCH3 is 3. The van der Waals surface area contributed by atoms with Gasteiger partial charge >= 0.3 is 0 Å². The number of benzene rings is 2. The quantitative estimate of drug-likeness (QED) is 0.326. The molecule has 1 aliphatic heterocycles. The third-order valence-corrected chi connectivity index (χ3v) is 5.68. The van der Waals surface area contributed by atoms with E-state index in [0.717, 1.165) is 5.56 Å². The number of nitrogens with zero attached hydrogens (tertiary/aromatic N) is 2. The summed E-state index contributed by atoms with van der Waals surface area (Å²) in [5.41, 5.74) is 1.35. The molecule has 4 rings (SSSR count). The summed E-state index contributed by atoms with van der Waals surface area (Å²) < 4.78 is 16.0. The number of carbonyl (C=O) groups is 2. The van der Waals surface area contributed by atoms with Crippen molar-refractivity contribution >= 4 is 17.4 Å². The maximum absolute atomic E-state index is 13.3. The molecule has 0 bridgehead atoms. The lowest BCUT2D eigenvalue weighted by atomic mass is 9.97. The van der Waals surface area contributed by atoms with Gasteiger partial charge in [0.1, 0.15) is 34.6 Å². The van der Waals surface area contributed by atoms with Crippen LogP contribution in [0.1, 0.15) is 22.9 Å². The van der Waals surface area contributed by atoms with E-state index in [-0.39, 0.29) is 23.4 Å².